The van der Waals surface area contributed by atoms with E-state index in [1.807, 2.05) is 49.6 Å². The smallest absolute Gasteiger partial charge is 0.332 e. The lowest BCUT2D eigenvalue weighted by Crippen LogP contribution is -2.40. The van der Waals surface area contributed by atoms with Crippen LogP contribution in [0.15, 0.2) is 33.9 Å². The number of aliphatic hydroxyl groups excluding tert-OH is 1. The van der Waals surface area contributed by atoms with Gasteiger partial charge in [0.15, 0.2) is 11.2 Å². The number of aliphatic hydroxyl groups is 1. The molecule has 7 heteroatoms. The van der Waals surface area contributed by atoms with Crippen molar-refractivity contribution in [3.8, 4) is 0 Å². The first-order valence-corrected chi connectivity index (χ1v) is 8.84. The highest BCUT2D eigenvalue weighted by Gasteiger charge is 2.19. The molecule has 0 aliphatic carbocycles. The molecule has 0 aliphatic rings. The predicted octanol–water partition coefficient (Wildman–Crippen LogP) is 1.43. The Morgan fingerprint density at radius 1 is 1.04 bits per heavy atom. The van der Waals surface area contributed by atoms with Crippen molar-refractivity contribution in [2.45, 2.75) is 46.8 Å². The maximum atomic E-state index is 13.0. The van der Waals surface area contributed by atoms with E-state index < -0.39 is 0 Å². The van der Waals surface area contributed by atoms with Gasteiger partial charge in [-0.2, -0.15) is 0 Å². The predicted molar refractivity (Wildman–Crippen MR) is 101 cm³/mol. The summed E-state index contributed by atoms with van der Waals surface area (Å²) in [6.07, 6.45) is 0.357. The first-order valence-electron chi connectivity index (χ1n) is 8.84. The first-order chi connectivity index (χ1) is 12.5. The van der Waals surface area contributed by atoms with E-state index in [9.17, 15) is 9.59 Å². The van der Waals surface area contributed by atoms with Crippen molar-refractivity contribution in [2.75, 3.05) is 6.61 Å². The minimum Gasteiger partial charge on any atom is -0.396 e. The monoisotopic (exact) mass is 356 g/mol. The lowest BCUT2D eigenvalue weighted by Gasteiger charge is -2.11. The summed E-state index contributed by atoms with van der Waals surface area (Å²) in [4.78, 5) is 30.2. The molecule has 3 rings (SSSR count). The van der Waals surface area contributed by atoms with Crippen molar-refractivity contribution < 1.29 is 5.11 Å². The summed E-state index contributed by atoms with van der Waals surface area (Å²) in [6, 6.07) is 8.12. The molecule has 0 spiro atoms. The largest absolute Gasteiger partial charge is 0.396 e. The molecule has 0 saturated heterocycles. The number of aromatic nitrogens is 4. The molecule has 0 aliphatic heterocycles. The Labute approximate surface area is 151 Å². The van der Waals surface area contributed by atoms with Crippen LogP contribution in [0.1, 0.15) is 30.3 Å². The summed E-state index contributed by atoms with van der Waals surface area (Å²) in [5, 5.41) is 9.08. The van der Waals surface area contributed by atoms with Gasteiger partial charge in [0.1, 0.15) is 5.82 Å². The summed E-state index contributed by atoms with van der Waals surface area (Å²) < 4.78 is 4.59. The second-order valence-electron chi connectivity index (χ2n) is 6.46. The fourth-order valence-corrected chi connectivity index (χ4v) is 3.18. The molecule has 0 unspecified atom stereocenters. The normalized spacial score (nSPS) is 11.4. The van der Waals surface area contributed by atoms with Crippen molar-refractivity contribution in [1.82, 2.24) is 18.7 Å². The number of hydrogen-bond donors (Lipinski definition) is 1. The third-order valence-corrected chi connectivity index (χ3v) is 4.62. The van der Waals surface area contributed by atoms with Crippen LogP contribution in [0.3, 0.4) is 0 Å². The minimum absolute atomic E-state index is 0.0717. The highest BCUT2D eigenvalue weighted by atomic mass is 16.3. The zero-order valence-corrected chi connectivity index (χ0v) is 15.4. The standard InChI is InChI=1S/C19H24N4O3/c1-4-21-17-16(18(25)22(19(21)26)10-5-11-24)23(14(3)20-17)12-15-8-6-13(2)7-9-15/h6-9,24H,4-5,10-12H2,1-3H3. The molecule has 1 N–H and O–H groups in total. The SMILES string of the molecule is CCn1c(=O)n(CCCO)c(=O)c2c1nc(C)n2Cc1ccc(C)cc1. The third-order valence-electron chi connectivity index (χ3n) is 4.62. The van der Waals surface area contributed by atoms with Gasteiger partial charge in [-0.05, 0) is 32.8 Å². The van der Waals surface area contributed by atoms with Crippen molar-refractivity contribution in [3.05, 3.63) is 62.1 Å². The van der Waals surface area contributed by atoms with E-state index in [1.165, 1.54) is 14.7 Å². The maximum absolute atomic E-state index is 13.0. The molecule has 7 nitrogen and oxygen atoms in total. The Balaban J connectivity index is 2.23. The first kappa shape index (κ1) is 18.1. The Kier molecular flexibility index (Phi) is 5.08. The molecule has 0 amide bonds. The van der Waals surface area contributed by atoms with Crippen LogP contribution in [0.4, 0.5) is 0 Å². The van der Waals surface area contributed by atoms with Crippen LogP contribution >= 0.6 is 0 Å². The average Bonchev–Trinajstić information content (AvgIpc) is 2.93. The van der Waals surface area contributed by atoms with E-state index in [2.05, 4.69) is 4.98 Å². The van der Waals surface area contributed by atoms with E-state index in [4.69, 9.17) is 5.11 Å². The van der Waals surface area contributed by atoms with Crippen LogP contribution in [0.2, 0.25) is 0 Å². The Hall–Kier alpha value is -2.67. The van der Waals surface area contributed by atoms with Crippen LogP contribution in [-0.4, -0.2) is 30.4 Å². The minimum atomic E-state index is -0.376. The van der Waals surface area contributed by atoms with Crippen molar-refractivity contribution >= 4 is 11.2 Å². The lowest BCUT2D eigenvalue weighted by molar-refractivity contribution is 0.277. The highest BCUT2D eigenvalue weighted by molar-refractivity contribution is 5.71. The van der Waals surface area contributed by atoms with Crippen molar-refractivity contribution in [2.24, 2.45) is 0 Å². The molecule has 3 aromatic rings. The van der Waals surface area contributed by atoms with E-state index >= 15 is 0 Å². The Bertz CT molecular complexity index is 1040. The second kappa shape index (κ2) is 7.29. The van der Waals surface area contributed by atoms with Crippen LogP contribution in [0, 0.1) is 13.8 Å². The zero-order chi connectivity index (χ0) is 18.8. The van der Waals surface area contributed by atoms with E-state index in [0.717, 1.165) is 5.56 Å². The number of nitrogens with zero attached hydrogens (tertiary/aromatic N) is 4. The molecule has 26 heavy (non-hydrogen) atoms. The molecule has 0 saturated carbocycles. The van der Waals surface area contributed by atoms with Crippen LogP contribution in [0.25, 0.3) is 11.2 Å². The van der Waals surface area contributed by atoms with Gasteiger partial charge in [-0.1, -0.05) is 29.8 Å². The summed E-state index contributed by atoms with van der Waals surface area (Å²) in [7, 11) is 0. The van der Waals surface area contributed by atoms with Crippen molar-refractivity contribution in [1.29, 1.82) is 0 Å². The number of fused-ring (bicyclic) bond motifs is 1. The van der Waals surface area contributed by atoms with Crippen LogP contribution in [-0.2, 0) is 19.6 Å². The summed E-state index contributed by atoms with van der Waals surface area (Å²) >= 11 is 0. The second-order valence-corrected chi connectivity index (χ2v) is 6.46. The van der Waals surface area contributed by atoms with Gasteiger partial charge in [0.05, 0.1) is 0 Å². The molecule has 0 radical (unpaired) electrons. The van der Waals surface area contributed by atoms with Gasteiger partial charge in [0.2, 0.25) is 0 Å². The average molecular weight is 356 g/mol. The number of benzene rings is 1. The van der Waals surface area contributed by atoms with Crippen LogP contribution in [0.5, 0.6) is 0 Å². The lowest BCUT2D eigenvalue weighted by atomic mass is 10.1. The maximum Gasteiger partial charge on any atom is 0.332 e. The number of imidazole rings is 1. The van der Waals surface area contributed by atoms with Gasteiger partial charge in [0, 0.05) is 26.2 Å². The Morgan fingerprint density at radius 3 is 2.35 bits per heavy atom. The summed E-state index contributed by atoms with van der Waals surface area (Å²) in [5.74, 6) is 0.694. The van der Waals surface area contributed by atoms with E-state index in [-0.39, 0.29) is 24.4 Å². The zero-order valence-electron chi connectivity index (χ0n) is 15.4. The number of rotatable bonds is 6. The highest BCUT2D eigenvalue weighted by Crippen LogP contribution is 2.14. The topological polar surface area (TPSA) is 82.0 Å². The molecule has 2 heterocycles. The number of hydrogen-bond acceptors (Lipinski definition) is 4. The molecule has 0 atom stereocenters. The van der Waals surface area contributed by atoms with Gasteiger partial charge in [-0.3, -0.25) is 13.9 Å². The van der Waals surface area contributed by atoms with Crippen molar-refractivity contribution in [3.63, 3.8) is 0 Å². The van der Waals surface area contributed by atoms with E-state index in [1.54, 1.807) is 0 Å². The molecular weight excluding hydrogens is 332 g/mol. The molecule has 0 fully saturated rings. The molecule has 2 aromatic heterocycles. The van der Waals surface area contributed by atoms with E-state index in [0.29, 0.717) is 36.5 Å². The van der Waals surface area contributed by atoms with Gasteiger partial charge in [-0.25, -0.2) is 9.78 Å². The van der Waals surface area contributed by atoms with Gasteiger partial charge >= 0.3 is 5.69 Å². The molecule has 138 valence electrons. The Morgan fingerprint density at radius 2 is 1.73 bits per heavy atom. The molecular formula is C19H24N4O3. The summed E-state index contributed by atoms with van der Waals surface area (Å²) in [5.41, 5.74) is 2.37. The number of aryl methyl sites for hydroxylation is 3. The van der Waals surface area contributed by atoms with Gasteiger partial charge < -0.3 is 9.67 Å². The fraction of sp³-hybridized carbons (Fsp3) is 0.421. The quantitative estimate of drug-likeness (QED) is 0.724. The van der Waals surface area contributed by atoms with Gasteiger partial charge in [-0.15, -0.1) is 0 Å². The summed E-state index contributed by atoms with van der Waals surface area (Å²) in [6.45, 7) is 6.79. The third kappa shape index (κ3) is 3.10. The molecule has 1 aromatic carbocycles. The van der Waals surface area contributed by atoms with Gasteiger partial charge in [0.25, 0.3) is 5.56 Å². The fourth-order valence-electron chi connectivity index (χ4n) is 3.18. The molecule has 0 bridgehead atoms. The van der Waals surface area contributed by atoms with Crippen LogP contribution < -0.4 is 11.2 Å².